The molecule has 0 spiro atoms. The number of rotatable bonds is 8. The fourth-order valence-electron chi connectivity index (χ4n) is 1.77. The minimum atomic E-state index is -0.557. The molecule has 1 amide bonds. The summed E-state index contributed by atoms with van der Waals surface area (Å²) in [4.78, 5) is 27.4. The first kappa shape index (κ1) is 19.7. The van der Waals surface area contributed by atoms with Crippen LogP contribution in [0, 0.1) is 0 Å². The van der Waals surface area contributed by atoms with Crippen molar-refractivity contribution in [2.24, 2.45) is 4.99 Å². The zero-order valence-electron chi connectivity index (χ0n) is 14.6. The Morgan fingerprint density at radius 1 is 1.17 bits per heavy atom. The fraction of sp³-hybridized carbons (Fsp3) is 0.529. The van der Waals surface area contributed by atoms with E-state index in [4.69, 9.17) is 14.2 Å². The molecule has 0 aromatic heterocycles. The molecule has 1 rings (SSSR count). The Balaban J connectivity index is 2.54. The van der Waals surface area contributed by atoms with E-state index in [9.17, 15) is 9.59 Å². The highest BCUT2D eigenvalue weighted by Gasteiger charge is 2.21. The van der Waals surface area contributed by atoms with Gasteiger partial charge < -0.3 is 19.1 Å². The normalized spacial score (nSPS) is 10.7. The van der Waals surface area contributed by atoms with Crippen molar-refractivity contribution in [3.8, 4) is 5.75 Å². The molecular weight excluding hydrogens is 312 g/mol. The van der Waals surface area contributed by atoms with E-state index in [1.165, 1.54) is 6.08 Å². The predicted octanol–water partition coefficient (Wildman–Crippen LogP) is 2.92. The third-order valence-electron chi connectivity index (χ3n) is 2.86. The smallest absolute Gasteiger partial charge is 0.410 e. The second-order valence-corrected chi connectivity index (χ2v) is 6.01. The quantitative estimate of drug-likeness (QED) is 0.539. The Kier molecular flexibility index (Phi) is 7.95. The van der Waals surface area contributed by atoms with Crippen LogP contribution < -0.4 is 4.74 Å². The second-order valence-electron chi connectivity index (χ2n) is 6.01. The lowest BCUT2D eigenvalue weighted by Gasteiger charge is -2.27. The summed E-state index contributed by atoms with van der Waals surface area (Å²) in [5.41, 5.74) is -0.0501. The number of hydrogen-bond acceptors (Lipinski definition) is 6. The van der Waals surface area contributed by atoms with Crippen molar-refractivity contribution in [2.75, 3.05) is 33.4 Å². The molecule has 0 aliphatic heterocycles. The van der Waals surface area contributed by atoms with Gasteiger partial charge in [0.2, 0.25) is 6.08 Å². The Bertz CT molecular complexity index is 559. The average molecular weight is 336 g/mol. The van der Waals surface area contributed by atoms with Crippen molar-refractivity contribution in [3.05, 3.63) is 24.3 Å². The molecule has 0 saturated heterocycles. The SMILES string of the molecule is COCCN(CCOc1ccc(N=C=O)cc1)C(=O)OC(C)(C)C. The first-order chi connectivity index (χ1) is 11.4. The Hall–Kier alpha value is -2.37. The van der Waals surface area contributed by atoms with E-state index < -0.39 is 11.7 Å². The van der Waals surface area contributed by atoms with Crippen LogP contribution in [0.1, 0.15) is 20.8 Å². The number of methoxy groups -OCH3 is 1. The number of isocyanates is 1. The molecule has 0 unspecified atom stereocenters. The minimum absolute atomic E-state index is 0.305. The van der Waals surface area contributed by atoms with Gasteiger partial charge in [0.25, 0.3) is 0 Å². The molecule has 0 radical (unpaired) electrons. The van der Waals surface area contributed by atoms with Crippen LogP contribution in [0.5, 0.6) is 5.75 Å². The third kappa shape index (κ3) is 7.76. The van der Waals surface area contributed by atoms with Crippen LogP contribution in [0.15, 0.2) is 29.3 Å². The summed E-state index contributed by atoms with van der Waals surface area (Å²) in [6.07, 6.45) is 1.07. The van der Waals surface area contributed by atoms with Crippen LogP contribution in [-0.2, 0) is 14.3 Å². The van der Waals surface area contributed by atoms with Gasteiger partial charge in [-0.1, -0.05) is 0 Å². The summed E-state index contributed by atoms with van der Waals surface area (Å²) in [5.74, 6) is 0.621. The van der Waals surface area contributed by atoms with Crippen LogP contribution in [0.25, 0.3) is 0 Å². The molecule has 0 aliphatic rings. The van der Waals surface area contributed by atoms with Crippen molar-refractivity contribution >= 4 is 17.9 Å². The third-order valence-corrected chi connectivity index (χ3v) is 2.86. The lowest BCUT2D eigenvalue weighted by Crippen LogP contribution is -2.40. The predicted molar refractivity (Wildman–Crippen MR) is 89.4 cm³/mol. The van der Waals surface area contributed by atoms with E-state index in [0.29, 0.717) is 37.7 Å². The second kappa shape index (κ2) is 9.70. The van der Waals surface area contributed by atoms with E-state index >= 15 is 0 Å². The molecule has 0 fully saturated rings. The highest BCUT2D eigenvalue weighted by molar-refractivity contribution is 5.68. The van der Waals surface area contributed by atoms with Crippen molar-refractivity contribution in [1.29, 1.82) is 0 Å². The maximum absolute atomic E-state index is 12.2. The minimum Gasteiger partial charge on any atom is -0.492 e. The van der Waals surface area contributed by atoms with Crippen molar-refractivity contribution in [2.45, 2.75) is 26.4 Å². The lowest BCUT2D eigenvalue weighted by atomic mass is 10.2. The topological polar surface area (TPSA) is 77.4 Å². The summed E-state index contributed by atoms with van der Waals surface area (Å²) in [6, 6.07) is 6.69. The Morgan fingerprint density at radius 2 is 1.79 bits per heavy atom. The number of nitrogens with zero attached hydrogens (tertiary/aromatic N) is 2. The monoisotopic (exact) mass is 336 g/mol. The molecule has 24 heavy (non-hydrogen) atoms. The highest BCUT2D eigenvalue weighted by Crippen LogP contribution is 2.17. The fourth-order valence-corrected chi connectivity index (χ4v) is 1.77. The summed E-state index contributed by atoms with van der Waals surface area (Å²) in [5, 5.41) is 0. The molecule has 1 aromatic rings. The number of hydrogen-bond donors (Lipinski definition) is 0. The van der Waals surface area contributed by atoms with Gasteiger partial charge in [-0.2, -0.15) is 4.99 Å². The van der Waals surface area contributed by atoms with E-state index in [1.807, 2.05) is 20.8 Å². The Morgan fingerprint density at radius 3 is 2.33 bits per heavy atom. The first-order valence-corrected chi connectivity index (χ1v) is 7.63. The zero-order valence-corrected chi connectivity index (χ0v) is 14.6. The zero-order chi connectivity index (χ0) is 18.0. The van der Waals surface area contributed by atoms with E-state index in [2.05, 4.69) is 4.99 Å². The van der Waals surface area contributed by atoms with Crippen LogP contribution in [-0.4, -0.2) is 56.1 Å². The van der Waals surface area contributed by atoms with Gasteiger partial charge in [-0.25, -0.2) is 9.59 Å². The van der Waals surface area contributed by atoms with Crippen molar-refractivity contribution in [1.82, 2.24) is 4.90 Å². The number of carbonyl (C=O) groups is 1. The molecular formula is C17H24N2O5. The van der Waals surface area contributed by atoms with Gasteiger partial charge in [-0.05, 0) is 45.0 Å². The van der Waals surface area contributed by atoms with E-state index in [-0.39, 0.29) is 0 Å². The largest absolute Gasteiger partial charge is 0.492 e. The number of aliphatic imine (C=N–C) groups is 1. The van der Waals surface area contributed by atoms with Gasteiger partial charge in [0.15, 0.2) is 0 Å². The first-order valence-electron chi connectivity index (χ1n) is 7.63. The summed E-state index contributed by atoms with van der Waals surface area (Å²) in [7, 11) is 1.58. The molecule has 132 valence electrons. The maximum Gasteiger partial charge on any atom is 0.410 e. The van der Waals surface area contributed by atoms with Gasteiger partial charge in [-0.15, -0.1) is 0 Å². The molecule has 1 aromatic carbocycles. The summed E-state index contributed by atoms with van der Waals surface area (Å²) >= 11 is 0. The highest BCUT2D eigenvalue weighted by atomic mass is 16.6. The summed E-state index contributed by atoms with van der Waals surface area (Å²) < 4.78 is 16.0. The lowest BCUT2D eigenvalue weighted by molar-refractivity contribution is 0.0177. The van der Waals surface area contributed by atoms with Crippen LogP contribution in [0.4, 0.5) is 10.5 Å². The maximum atomic E-state index is 12.2. The van der Waals surface area contributed by atoms with E-state index in [1.54, 1.807) is 36.3 Å². The average Bonchev–Trinajstić information content (AvgIpc) is 2.50. The van der Waals surface area contributed by atoms with Crippen LogP contribution >= 0.6 is 0 Å². The number of ether oxygens (including phenoxy) is 3. The number of carbonyl (C=O) groups excluding carboxylic acids is 2. The molecule has 7 nitrogen and oxygen atoms in total. The molecule has 7 heteroatoms. The van der Waals surface area contributed by atoms with Crippen LogP contribution in [0.3, 0.4) is 0 Å². The van der Waals surface area contributed by atoms with Crippen molar-refractivity contribution in [3.63, 3.8) is 0 Å². The molecule has 0 N–H and O–H groups in total. The van der Waals surface area contributed by atoms with Crippen LogP contribution in [0.2, 0.25) is 0 Å². The molecule has 0 bridgehead atoms. The molecule has 0 aliphatic carbocycles. The summed E-state index contributed by atoms with van der Waals surface area (Å²) in [6.45, 7) is 6.96. The standard InChI is InChI=1S/C17H24N2O5/c1-17(2,3)24-16(21)19(9-11-22-4)10-12-23-15-7-5-14(6-8-15)18-13-20/h5-8H,9-12H2,1-4H3. The van der Waals surface area contributed by atoms with Gasteiger partial charge in [-0.3, -0.25) is 0 Å². The molecule has 0 saturated carbocycles. The molecule has 0 atom stereocenters. The Labute approximate surface area is 142 Å². The van der Waals surface area contributed by atoms with E-state index in [0.717, 1.165) is 0 Å². The van der Waals surface area contributed by atoms with Gasteiger partial charge in [0.1, 0.15) is 18.0 Å². The number of benzene rings is 1. The van der Waals surface area contributed by atoms with Gasteiger partial charge in [0.05, 0.1) is 18.8 Å². The molecule has 0 heterocycles. The van der Waals surface area contributed by atoms with Crippen molar-refractivity contribution < 1.29 is 23.8 Å². The van der Waals surface area contributed by atoms with Gasteiger partial charge >= 0.3 is 6.09 Å². The van der Waals surface area contributed by atoms with Gasteiger partial charge in [0, 0.05) is 13.7 Å². The number of amides is 1.